The highest BCUT2D eigenvalue weighted by Crippen LogP contribution is 2.32. The molecule has 0 amide bonds. The monoisotopic (exact) mass is 248 g/mol. The fourth-order valence-electron chi connectivity index (χ4n) is 1.36. The number of halogens is 3. The first-order chi connectivity index (χ1) is 7.34. The zero-order chi connectivity index (χ0) is 12.3. The van der Waals surface area contributed by atoms with E-state index in [2.05, 4.69) is 0 Å². The van der Waals surface area contributed by atoms with Crippen molar-refractivity contribution in [2.24, 2.45) is 0 Å². The SMILES string of the molecule is CSc1ccc(C(F)(F)F)cc1CC(C)=O. The Morgan fingerprint density at radius 3 is 2.44 bits per heavy atom. The average Bonchev–Trinajstić information content (AvgIpc) is 2.15. The predicted octanol–water partition coefficient (Wildman–Crippen LogP) is 3.56. The number of hydrogen-bond donors (Lipinski definition) is 0. The Bertz CT molecular complexity index is 399. The first-order valence-electron chi connectivity index (χ1n) is 4.58. The van der Waals surface area contributed by atoms with Crippen LogP contribution in [0.1, 0.15) is 18.1 Å². The minimum absolute atomic E-state index is 0.0418. The van der Waals surface area contributed by atoms with E-state index in [1.807, 2.05) is 0 Å². The molecule has 0 aliphatic heterocycles. The largest absolute Gasteiger partial charge is 0.416 e. The van der Waals surface area contributed by atoms with Crippen LogP contribution >= 0.6 is 11.8 Å². The fourth-order valence-corrected chi connectivity index (χ4v) is 1.96. The van der Waals surface area contributed by atoms with Gasteiger partial charge in [0.25, 0.3) is 0 Å². The molecule has 0 unspecified atom stereocenters. The molecule has 0 heterocycles. The standard InChI is InChI=1S/C11H11F3OS/c1-7(15)5-8-6-9(11(12,13)14)3-4-10(8)16-2/h3-4,6H,5H2,1-2H3. The van der Waals surface area contributed by atoms with Crippen molar-refractivity contribution in [1.29, 1.82) is 0 Å². The summed E-state index contributed by atoms with van der Waals surface area (Å²) in [5.74, 6) is -0.144. The van der Waals surface area contributed by atoms with Crippen molar-refractivity contribution < 1.29 is 18.0 Å². The Morgan fingerprint density at radius 2 is 2.00 bits per heavy atom. The number of ketones is 1. The smallest absolute Gasteiger partial charge is 0.300 e. The van der Waals surface area contributed by atoms with Gasteiger partial charge < -0.3 is 0 Å². The lowest BCUT2D eigenvalue weighted by Gasteiger charge is -2.11. The lowest BCUT2D eigenvalue weighted by molar-refractivity contribution is -0.137. The number of carbonyl (C=O) groups is 1. The molecule has 0 radical (unpaired) electrons. The van der Waals surface area contributed by atoms with E-state index >= 15 is 0 Å². The maximum absolute atomic E-state index is 12.4. The van der Waals surface area contributed by atoms with Gasteiger partial charge in [-0.2, -0.15) is 13.2 Å². The molecule has 0 saturated heterocycles. The van der Waals surface area contributed by atoms with Crippen LogP contribution in [0, 0.1) is 0 Å². The molecule has 0 aliphatic rings. The summed E-state index contributed by atoms with van der Waals surface area (Å²) in [6.45, 7) is 1.37. The molecule has 0 spiro atoms. The molecule has 0 saturated carbocycles. The van der Waals surface area contributed by atoms with Gasteiger partial charge in [-0.1, -0.05) is 0 Å². The number of thioether (sulfide) groups is 1. The summed E-state index contributed by atoms with van der Waals surface area (Å²) in [5, 5.41) is 0. The quantitative estimate of drug-likeness (QED) is 0.761. The maximum Gasteiger partial charge on any atom is 0.416 e. The van der Waals surface area contributed by atoms with Crippen molar-refractivity contribution in [2.75, 3.05) is 6.26 Å². The van der Waals surface area contributed by atoms with Gasteiger partial charge in [-0.15, -0.1) is 11.8 Å². The third-order valence-electron chi connectivity index (χ3n) is 2.05. The van der Waals surface area contributed by atoms with Crippen LogP contribution in [0.5, 0.6) is 0 Å². The van der Waals surface area contributed by atoms with Crippen LogP contribution in [0.2, 0.25) is 0 Å². The van der Waals surface area contributed by atoms with Crippen molar-refractivity contribution in [3.05, 3.63) is 29.3 Å². The Balaban J connectivity index is 3.16. The number of Topliss-reactive ketones (excluding diaryl/α,β-unsaturated/α-hetero) is 1. The van der Waals surface area contributed by atoms with Crippen LogP contribution in [0.3, 0.4) is 0 Å². The Labute approximate surface area is 96.0 Å². The first kappa shape index (κ1) is 13.1. The molecule has 0 N–H and O–H groups in total. The summed E-state index contributed by atoms with van der Waals surface area (Å²) in [7, 11) is 0. The van der Waals surface area contributed by atoms with E-state index in [1.54, 1.807) is 6.26 Å². The van der Waals surface area contributed by atoms with E-state index < -0.39 is 11.7 Å². The molecule has 1 aromatic rings. The molecule has 0 atom stereocenters. The molecule has 0 fully saturated rings. The third-order valence-corrected chi connectivity index (χ3v) is 2.89. The van der Waals surface area contributed by atoms with Gasteiger partial charge in [-0.3, -0.25) is 4.79 Å². The molecule has 1 rings (SSSR count). The molecule has 1 aromatic carbocycles. The number of alkyl halides is 3. The van der Waals surface area contributed by atoms with Crippen molar-refractivity contribution >= 4 is 17.5 Å². The van der Waals surface area contributed by atoms with E-state index in [1.165, 1.54) is 24.8 Å². The molecule has 0 bridgehead atoms. The highest BCUT2D eigenvalue weighted by atomic mass is 32.2. The molecular weight excluding hydrogens is 237 g/mol. The van der Waals surface area contributed by atoms with Crippen molar-refractivity contribution in [2.45, 2.75) is 24.4 Å². The van der Waals surface area contributed by atoms with Crippen LogP contribution in [0.25, 0.3) is 0 Å². The zero-order valence-electron chi connectivity index (χ0n) is 8.89. The van der Waals surface area contributed by atoms with E-state index in [4.69, 9.17) is 0 Å². The number of rotatable bonds is 3. The maximum atomic E-state index is 12.4. The minimum atomic E-state index is -4.36. The lowest BCUT2D eigenvalue weighted by Crippen LogP contribution is -2.07. The van der Waals surface area contributed by atoms with Crippen LogP contribution in [-0.4, -0.2) is 12.0 Å². The topological polar surface area (TPSA) is 17.1 Å². The zero-order valence-corrected chi connectivity index (χ0v) is 9.71. The van der Waals surface area contributed by atoms with E-state index in [-0.39, 0.29) is 12.2 Å². The van der Waals surface area contributed by atoms with E-state index in [0.29, 0.717) is 10.5 Å². The highest BCUT2D eigenvalue weighted by molar-refractivity contribution is 7.98. The first-order valence-corrected chi connectivity index (χ1v) is 5.80. The van der Waals surface area contributed by atoms with Gasteiger partial charge in [0.2, 0.25) is 0 Å². The summed E-state index contributed by atoms with van der Waals surface area (Å²) >= 11 is 1.34. The second-order valence-electron chi connectivity index (χ2n) is 3.40. The van der Waals surface area contributed by atoms with Gasteiger partial charge >= 0.3 is 6.18 Å². The van der Waals surface area contributed by atoms with E-state index in [9.17, 15) is 18.0 Å². The molecule has 0 aliphatic carbocycles. The molecular formula is C11H11F3OS. The van der Waals surface area contributed by atoms with Crippen molar-refractivity contribution in [3.8, 4) is 0 Å². The number of benzene rings is 1. The molecule has 1 nitrogen and oxygen atoms in total. The van der Waals surface area contributed by atoms with Crippen LogP contribution in [0.4, 0.5) is 13.2 Å². The normalized spacial score (nSPS) is 11.6. The van der Waals surface area contributed by atoms with E-state index in [0.717, 1.165) is 12.1 Å². The summed E-state index contributed by atoms with van der Waals surface area (Å²) < 4.78 is 37.3. The summed E-state index contributed by atoms with van der Waals surface area (Å²) in [6, 6.07) is 3.49. The summed E-state index contributed by atoms with van der Waals surface area (Å²) in [6.07, 6.45) is -2.55. The average molecular weight is 248 g/mol. The van der Waals surface area contributed by atoms with Crippen molar-refractivity contribution in [3.63, 3.8) is 0 Å². The van der Waals surface area contributed by atoms with Gasteiger partial charge in [0.05, 0.1) is 5.56 Å². The second-order valence-corrected chi connectivity index (χ2v) is 4.25. The van der Waals surface area contributed by atoms with Crippen LogP contribution in [0.15, 0.2) is 23.1 Å². The van der Waals surface area contributed by atoms with Crippen molar-refractivity contribution in [1.82, 2.24) is 0 Å². The molecule has 16 heavy (non-hydrogen) atoms. The second kappa shape index (κ2) is 4.91. The van der Waals surface area contributed by atoms with Gasteiger partial charge in [-0.25, -0.2) is 0 Å². The number of carbonyl (C=O) groups excluding carboxylic acids is 1. The predicted molar refractivity (Wildman–Crippen MR) is 57.6 cm³/mol. The Hall–Kier alpha value is -0.970. The third kappa shape index (κ3) is 3.27. The Morgan fingerprint density at radius 1 is 1.38 bits per heavy atom. The highest BCUT2D eigenvalue weighted by Gasteiger charge is 2.30. The van der Waals surface area contributed by atoms with Crippen LogP contribution in [-0.2, 0) is 17.4 Å². The molecule has 88 valence electrons. The lowest BCUT2D eigenvalue weighted by atomic mass is 10.1. The molecule has 5 heteroatoms. The van der Waals surface area contributed by atoms with Gasteiger partial charge in [0.1, 0.15) is 5.78 Å². The summed E-state index contributed by atoms with van der Waals surface area (Å²) in [4.78, 5) is 11.7. The fraction of sp³-hybridized carbons (Fsp3) is 0.364. The number of hydrogen-bond acceptors (Lipinski definition) is 2. The Kier molecular flexibility index (Phi) is 4.02. The molecule has 0 aromatic heterocycles. The minimum Gasteiger partial charge on any atom is -0.300 e. The van der Waals surface area contributed by atoms with Gasteiger partial charge in [0, 0.05) is 11.3 Å². The van der Waals surface area contributed by atoms with Crippen LogP contribution < -0.4 is 0 Å². The summed E-state index contributed by atoms with van der Waals surface area (Å²) in [5.41, 5.74) is -0.267. The van der Waals surface area contributed by atoms with Gasteiger partial charge in [0.15, 0.2) is 0 Å². The van der Waals surface area contributed by atoms with Gasteiger partial charge in [-0.05, 0) is 36.9 Å².